The topological polar surface area (TPSA) is 55.3 Å². The molecule has 0 atom stereocenters. The van der Waals surface area contributed by atoms with Gasteiger partial charge in [0, 0.05) is 17.3 Å². The molecule has 1 aliphatic carbocycles. The van der Waals surface area contributed by atoms with Crippen molar-refractivity contribution in [3.8, 4) is 0 Å². The third kappa shape index (κ3) is 3.72. The van der Waals surface area contributed by atoms with Gasteiger partial charge in [-0.3, -0.25) is 0 Å². The number of nitrogens with zero attached hydrogens (tertiary/aromatic N) is 3. The van der Waals surface area contributed by atoms with Crippen molar-refractivity contribution in [1.82, 2.24) is 9.97 Å². The molecule has 0 bridgehead atoms. The highest BCUT2D eigenvalue weighted by molar-refractivity contribution is 5.77. The third-order valence-electron chi connectivity index (χ3n) is 3.82. The maximum atomic E-state index is 12.4. The first kappa shape index (κ1) is 16.4. The molecule has 24 heavy (non-hydrogen) atoms. The lowest BCUT2D eigenvalue weighted by molar-refractivity contribution is -0.153. The van der Waals surface area contributed by atoms with Gasteiger partial charge in [-0.15, -0.1) is 5.06 Å². The maximum absolute atomic E-state index is 12.4. The summed E-state index contributed by atoms with van der Waals surface area (Å²) < 4.78 is 0. The van der Waals surface area contributed by atoms with Gasteiger partial charge in [-0.05, 0) is 58.7 Å². The van der Waals surface area contributed by atoms with E-state index in [0.717, 1.165) is 29.9 Å². The Morgan fingerprint density at radius 2 is 1.83 bits per heavy atom. The molecule has 0 aliphatic heterocycles. The quantitative estimate of drug-likeness (QED) is 0.784. The lowest BCUT2D eigenvalue weighted by Gasteiger charge is -2.25. The minimum Gasteiger partial charge on any atom is -0.332 e. The van der Waals surface area contributed by atoms with Crippen LogP contribution < -0.4 is 5.06 Å². The van der Waals surface area contributed by atoms with Crippen LogP contribution in [0.1, 0.15) is 50.9 Å². The summed E-state index contributed by atoms with van der Waals surface area (Å²) in [4.78, 5) is 27.2. The zero-order valence-corrected chi connectivity index (χ0v) is 14.6. The van der Waals surface area contributed by atoms with Gasteiger partial charge in [-0.2, -0.15) is 0 Å². The first-order valence-corrected chi connectivity index (χ1v) is 8.28. The van der Waals surface area contributed by atoms with Gasteiger partial charge in [0.15, 0.2) is 0 Å². The Labute approximate surface area is 142 Å². The fourth-order valence-electron chi connectivity index (χ4n) is 2.25. The Morgan fingerprint density at radius 1 is 1.17 bits per heavy atom. The average molecular weight is 325 g/mol. The number of hydrogen-bond donors (Lipinski definition) is 0. The van der Waals surface area contributed by atoms with Crippen LogP contribution in [-0.2, 0) is 9.63 Å². The molecule has 1 heterocycles. The van der Waals surface area contributed by atoms with Crippen LogP contribution in [0.4, 0.5) is 11.6 Å². The molecule has 0 radical (unpaired) electrons. The molecule has 1 aromatic heterocycles. The number of hydrogen-bond acceptors (Lipinski definition) is 5. The molecule has 126 valence electrons. The molecule has 0 saturated heterocycles. The number of anilines is 2. The van der Waals surface area contributed by atoms with E-state index in [1.165, 1.54) is 5.06 Å². The van der Waals surface area contributed by atoms with Crippen LogP contribution >= 0.6 is 0 Å². The second-order valence-corrected chi connectivity index (χ2v) is 7.27. The Bertz CT molecular complexity index is 734. The summed E-state index contributed by atoms with van der Waals surface area (Å²) >= 11 is 0. The molecule has 5 nitrogen and oxygen atoms in total. The van der Waals surface area contributed by atoms with E-state index in [1.54, 1.807) is 0 Å². The van der Waals surface area contributed by atoms with E-state index in [2.05, 4.69) is 9.97 Å². The number of carbonyl (C=O) groups is 1. The van der Waals surface area contributed by atoms with E-state index in [1.807, 2.05) is 64.1 Å². The van der Waals surface area contributed by atoms with Crippen LogP contribution in [0.25, 0.3) is 0 Å². The van der Waals surface area contributed by atoms with E-state index < -0.39 is 5.41 Å². The number of benzene rings is 1. The van der Waals surface area contributed by atoms with E-state index in [-0.39, 0.29) is 5.97 Å². The minimum absolute atomic E-state index is 0.329. The molecule has 3 rings (SSSR count). The predicted molar refractivity (Wildman–Crippen MR) is 92.9 cm³/mol. The molecular formula is C19H23N3O2. The van der Waals surface area contributed by atoms with Crippen LogP contribution in [0.5, 0.6) is 0 Å². The van der Waals surface area contributed by atoms with E-state index in [4.69, 9.17) is 4.84 Å². The van der Waals surface area contributed by atoms with Gasteiger partial charge >= 0.3 is 5.97 Å². The maximum Gasteiger partial charge on any atom is 0.338 e. The highest BCUT2D eigenvalue weighted by atomic mass is 16.7. The molecule has 2 aromatic rings. The fraction of sp³-hybridized carbons (Fsp3) is 0.421. The molecule has 0 spiro atoms. The van der Waals surface area contributed by atoms with Gasteiger partial charge < -0.3 is 4.84 Å². The van der Waals surface area contributed by atoms with Crippen molar-refractivity contribution < 1.29 is 9.63 Å². The number of carbonyl (C=O) groups excluding carboxylic acids is 1. The summed E-state index contributed by atoms with van der Waals surface area (Å²) in [6, 6.07) is 11.5. The first-order valence-electron chi connectivity index (χ1n) is 8.28. The van der Waals surface area contributed by atoms with Gasteiger partial charge in [-0.25, -0.2) is 14.8 Å². The summed E-state index contributed by atoms with van der Waals surface area (Å²) in [6.07, 6.45) is 2.31. The molecule has 0 N–H and O–H groups in total. The number of aryl methyl sites for hydroxylation is 1. The van der Waals surface area contributed by atoms with Crippen molar-refractivity contribution in [3.05, 3.63) is 47.8 Å². The predicted octanol–water partition coefficient (Wildman–Crippen LogP) is 4.30. The van der Waals surface area contributed by atoms with Gasteiger partial charge in [0.1, 0.15) is 0 Å². The fourth-order valence-corrected chi connectivity index (χ4v) is 2.25. The monoisotopic (exact) mass is 325 g/mol. The summed E-state index contributed by atoms with van der Waals surface area (Å²) in [5.41, 5.74) is 2.00. The second kappa shape index (κ2) is 6.23. The lowest BCUT2D eigenvalue weighted by atomic mass is 9.98. The van der Waals surface area contributed by atoms with E-state index >= 15 is 0 Å². The normalized spacial score (nSPS) is 14.3. The molecule has 1 aromatic carbocycles. The Balaban J connectivity index is 2.00. The van der Waals surface area contributed by atoms with Gasteiger partial charge in [0.05, 0.1) is 11.1 Å². The smallest absolute Gasteiger partial charge is 0.332 e. The molecule has 1 saturated carbocycles. The van der Waals surface area contributed by atoms with Gasteiger partial charge in [0.2, 0.25) is 0 Å². The summed E-state index contributed by atoms with van der Waals surface area (Å²) in [5, 5.41) is 1.44. The van der Waals surface area contributed by atoms with Crippen LogP contribution in [-0.4, -0.2) is 15.9 Å². The van der Waals surface area contributed by atoms with Crippen LogP contribution in [0, 0.1) is 12.3 Å². The van der Waals surface area contributed by atoms with Crippen LogP contribution in [0.15, 0.2) is 36.4 Å². The Hall–Kier alpha value is -2.43. The summed E-state index contributed by atoms with van der Waals surface area (Å²) in [6.45, 7) is 7.41. The highest BCUT2D eigenvalue weighted by Crippen LogP contribution is 2.40. The van der Waals surface area contributed by atoms with Crippen molar-refractivity contribution in [2.24, 2.45) is 5.41 Å². The SMILES string of the molecule is Cc1cc(C2CC2)nc(N(OC(=O)C(C)(C)C)c2ccccc2)n1. The molecule has 1 aliphatic rings. The Kier molecular flexibility index (Phi) is 4.26. The zero-order chi connectivity index (χ0) is 17.3. The van der Waals surface area contributed by atoms with Crippen molar-refractivity contribution >= 4 is 17.6 Å². The van der Waals surface area contributed by atoms with Crippen molar-refractivity contribution in [2.75, 3.05) is 5.06 Å². The molecule has 1 fully saturated rings. The van der Waals surface area contributed by atoms with Crippen molar-refractivity contribution in [1.29, 1.82) is 0 Å². The van der Waals surface area contributed by atoms with Gasteiger partial charge in [-0.1, -0.05) is 18.2 Å². The minimum atomic E-state index is -0.615. The zero-order valence-electron chi connectivity index (χ0n) is 14.6. The molecular weight excluding hydrogens is 302 g/mol. The standard InChI is InChI=1S/C19H23N3O2/c1-13-12-16(14-10-11-14)21-18(20-13)22(15-8-6-5-7-9-15)24-17(23)19(2,3)4/h5-9,12,14H,10-11H2,1-4H3. The second-order valence-electron chi connectivity index (χ2n) is 7.27. The van der Waals surface area contributed by atoms with Crippen molar-refractivity contribution in [2.45, 2.75) is 46.5 Å². The van der Waals surface area contributed by atoms with E-state index in [9.17, 15) is 4.79 Å². The van der Waals surface area contributed by atoms with Crippen LogP contribution in [0.3, 0.4) is 0 Å². The molecule has 0 amide bonds. The molecule has 5 heteroatoms. The number of rotatable bonds is 4. The number of aromatic nitrogens is 2. The number of para-hydroxylation sites is 1. The lowest BCUT2D eigenvalue weighted by Crippen LogP contribution is -2.32. The summed E-state index contributed by atoms with van der Waals surface area (Å²) in [7, 11) is 0. The van der Waals surface area contributed by atoms with E-state index in [0.29, 0.717) is 11.9 Å². The average Bonchev–Trinajstić information content (AvgIpc) is 3.36. The first-order chi connectivity index (χ1) is 11.3. The third-order valence-corrected chi connectivity index (χ3v) is 3.82. The largest absolute Gasteiger partial charge is 0.338 e. The molecule has 0 unspecified atom stereocenters. The highest BCUT2D eigenvalue weighted by Gasteiger charge is 2.30. The van der Waals surface area contributed by atoms with Crippen molar-refractivity contribution in [3.63, 3.8) is 0 Å². The summed E-state index contributed by atoms with van der Waals surface area (Å²) in [5.74, 6) is 0.575. The van der Waals surface area contributed by atoms with Gasteiger partial charge in [0.25, 0.3) is 5.95 Å². The van der Waals surface area contributed by atoms with Crippen LogP contribution in [0.2, 0.25) is 0 Å². The Morgan fingerprint density at radius 3 is 2.42 bits per heavy atom.